The van der Waals surface area contributed by atoms with Gasteiger partial charge in [-0.3, -0.25) is 0 Å². The molecule has 0 bridgehead atoms. The fourth-order valence-corrected chi connectivity index (χ4v) is 2.95. The van der Waals surface area contributed by atoms with Crippen molar-refractivity contribution in [1.82, 2.24) is 9.97 Å². The van der Waals surface area contributed by atoms with Crippen molar-refractivity contribution < 1.29 is 9.47 Å². The Hall–Kier alpha value is -2.14. The highest BCUT2D eigenvalue weighted by molar-refractivity contribution is 7.17. The molecule has 4 rings (SSSR count). The quantitative estimate of drug-likeness (QED) is 0.671. The summed E-state index contributed by atoms with van der Waals surface area (Å²) in [5.41, 5.74) is 2.23. The van der Waals surface area contributed by atoms with Gasteiger partial charge in [0.2, 0.25) is 6.79 Å². The first kappa shape index (κ1) is 9.85. The molecule has 0 amide bonds. The van der Waals surface area contributed by atoms with Gasteiger partial charge in [-0.1, -0.05) is 6.07 Å². The average Bonchev–Trinajstić information content (AvgIpc) is 3.04. The Balaban J connectivity index is 1.92. The van der Waals surface area contributed by atoms with Crippen molar-refractivity contribution in [1.29, 1.82) is 0 Å². The second-order valence-electron chi connectivity index (χ2n) is 3.96. The minimum Gasteiger partial charge on any atom is -0.454 e. The fourth-order valence-electron chi connectivity index (χ4n) is 2.06. The van der Waals surface area contributed by atoms with Gasteiger partial charge in [0.25, 0.3) is 0 Å². The third-order valence-electron chi connectivity index (χ3n) is 2.94. The molecule has 18 heavy (non-hydrogen) atoms. The lowest BCUT2D eigenvalue weighted by Crippen LogP contribution is -1.92. The molecule has 0 atom stereocenters. The second kappa shape index (κ2) is 3.68. The van der Waals surface area contributed by atoms with E-state index in [1.54, 1.807) is 17.7 Å². The van der Waals surface area contributed by atoms with Crippen molar-refractivity contribution in [2.45, 2.75) is 0 Å². The monoisotopic (exact) mass is 256 g/mol. The molecule has 88 valence electrons. The molecular formula is C13H8N2O2S. The summed E-state index contributed by atoms with van der Waals surface area (Å²) in [5, 5.41) is 3.16. The second-order valence-corrected chi connectivity index (χ2v) is 4.82. The Morgan fingerprint density at radius 1 is 1.17 bits per heavy atom. The third kappa shape index (κ3) is 1.37. The molecule has 4 nitrogen and oxygen atoms in total. The van der Waals surface area contributed by atoms with E-state index in [4.69, 9.17) is 9.47 Å². The van der Waals surface area contributed by atoms with Crippen LogP contribution in [0.3, 0.4) is 0 Å². The molecule has 0 saturated heterocycles. The molecule has 3 heterocycles. The number of rotatable bonds is 1. The molecule has 0 radical (unpaired) electrons. The molecule has 0 unspecified atom stereocenters. The van der Waals surface area contributed by atoms with E-state index in [0.29, 0.717) is 6.79 Å². The maximum atomic E-state index is 5.40. The number of nitrogens with zero attached hydrogens (tertiary/aromatic N) is 2. The van der Waals surface area contributed by atoms with E-state index in [1.807, 2.05) is 24.4 Å². The molecule has 2 aromatic heterocycles. The zero-order valence-electron chi connectivity index (χ0n) is 9.29. The summed E-state index contributed by atoms with van der Waals surface area (Å²) in [5.74, 6) is 1.60. The first-order chi connectivity index (χ1) is 8.92. The van der Waals surface area contributed by atoms with Gasteiger partial charge >= 0.3 is 0 Å². The topological polar surface area (TPSA) is 44.2 Å². The molecule has 1 aliphatic rings. The molecule has 1 aromatic carbocycles. The van der Waals surface area contributed by atoms with Crippen molar-refractivity contribution in [2.24, 2.45) is 0 Å². The number of aromatic nitrogens is 2. The molecule has 5 heteroatoms. The summed E-state index contributed by atoms with van der Waals surface area (Å²) in [6.45, 7) is 0.298. The van der Waals surface area contributed by atoms with Gasteiger partial charge in [-0.25, -0.2) is 9.97 Å². The largest absolute Gasteiger partial charge is 0.454 e. The van der Waals surface area contributed by atoms with Gasteiger partial charge < -0.3 is 9.47 Å². The molecule has 1 aliphatic heterocycles. The van der Waals surface area contributed by atoms with Gasteiger partial charge in [0.15, 0.2) is 11.5 Å². The average molecular weight is 256 g/mol. The SMILES string of the molecule is c1ncc2c(-c3ccc4c(c3)OCO4)csc2n1. The summed E-state index contributed by atoms with van der Waals surface area (Å²) in [7, 11) is 0. The van der Waals surface area contributed by atoms with E-state index < -0.39 is 0 Å². The molecule has 0 aliphatic carbocycles. The van der Waals surface area contributed by atoms with Crippen molar-refractivity contribution in [2.75, 3.05) is 6.79 Å². The summed E-state index contributed by atoms with van der Waals surface area (Å²) in [6.07, 6.45) is 3.42. The Morgan fingerprint density at radius 2 is 2.11 bits per heavy atom. The Kier molecular flexibility index (Phi) is 2.01. The first-order valence-electron chi connectivity index (χ1n) is 5.49. The van der Waals surface area contributed by atoms with Crippen molar-refractivity contribution in [3.63, 3.8) is 0 Å². The van der Waals surface area contributed by atoms with Crippen molar-refractivity contribution in [3.8, 4) is 22.6 Å². The van der Waals surface area contributed by atoms with Crippen LogP contribution < -0.4 is 9.47 Å². The predicted molar refractivity (Wildman–Crippen MR) is 69.0 cm³/mol. The lowest BCUT2D eigenvalue weighted by atomic mass is 10.1. The summed E-state index contributed by atoms with van der Waals surface area (Å²) < 4.78 is 10.7. The molecule has 0 N–H and O–H groups in total. The van der Waals surface area contributed by atoms with Gasteiger partial charge in [0.1, 0.15) is 11.2 Å². The van der Waals surface area contributed by atoms with Gasteiger partial charge in [0, 0.05) is 22.5 Å². The number of hydrogen-bond acceptors (Lipinski definition) is 5. The van der Waals surface area contributed by atoms with Crippen LogP contribution in [0.2, 0.25) is 0 Å². The number of hydrogen-bond donors (Lipinski definition) is 0. The number of thiophene rings is 1. The normalized spacial score (nSPS) is 13.1. The Labute approximate surface area is 107 Å². The minimum absolute atomic E-state index is 0.298. The van der Waals surface area contributed by atoms with Crippen molar-refractivity contribution in [3.05, 3.63) is 36.1 Å². The van der Waals surface area contributed by atoms with Crippen LogP contribution in [-0.4, -0.2) is 16.8 Å². The van der Waals surface area contributed by atoms with Crippen LogP contribution in [0.5, 0.6) is 11.5 Å². The third-order valence-corrected chi connectivity index (χ3v) is 3.84. The summed E-state index contributed by atoms with van der Waals surface area (Å²) in [6, 6.07) is 5.96. The van der Waals surface area contributed by atoms with Crippen LogP contribution >= 0.6 is 11.3 Å². The maximum Gasteiger partial charge on any atom is 0.231 e. The predicted octanol–water partition coefficient (Wildman–Crippen LogP) is 3.09. The number of ether oxygens (including phenoxy) is 2. The van der Waals surface area contributed by atoms with Crippen LogP contribution in [0.25, 0.3) is 21.3 Å². The van der Waals surface area contributed by atoms with E-state index >= 15 is 0 Å². The van der Waals surface area contributed by atoms with Gasteiger partial charge in [0.05, 0.1) is 0 Å². The molecule has 0 saturated carbocycles. The molecule has 0 fully saturated rings. The Bertz CT molecular complexity index is 739. The summed E-state index contributed by atoms with van der Waals surface area (Å²) >= 11 is 1.62. The minimum atomic E-state index is 0.298. The first-order valence-corrected chi connectivity index (χ1v) is 6.37. The van der Waals surface area contributed by atoms with E-state index in [0.717, 1.165) is 32.8 Å². The van der Waals surface area contributed by atoms with Crippen LogP contribution in [0.15, 0.2) is 36.1 Å². The maximum absolute atomic E-state index is 5.40. The number of fused-ring (bicyclic) bond motifs is 2. The zero-order chi connectivity index (χ0) is 11.9. The van der Waals surface area contributed by atoms with E-state index in [9.17, 15) is 0 Å². The van der Waals surface area contributed by atoms with Crippen LogP contribution in [0.1, 0.15) is 0 Å². The van der Waals surface area contributed by atoms with E-state index in [2.05, 4.69) is 15.3 Å². The van der Waals surface area contributed by atoms with Crippen LogP contribution in [-0.2, 0) is 0 Å². The highest BCUT2D eigenvalue weighted by atomic mass is 32.1. The van der Waals surface area contributed by atoms with Gasteiger partial charge in [-0.2, -0.15) is 0 Å². The van der Waals surface area contributed by atoms with Crippen LogP contribution in [0.4, 0.5) is 0 Å². The molecular weight excluding hydrogens is 248 g/mol. The lowest BCUT2D eigenvalue weighted by Gasteiger charge is -2.01. The Morgan fingerprint density at radius 3 is 3.11 bits per heavy atom. The molecule has 0 spiro atoms. The lowest BCUT2D eigenvalue weighted by molar-refractivity contribution is 0.174. The van der Waals surface area contributed by atoms with E-state index in [-0.39, 0.29) is 0 Å². The summed E-state index contributed by atoms with van der Waals surface area (Å²) in [4.78, 5) is 9.33. The molecule has 3 aromatic rings. The standard InChI is InChI=1S/C13H8N2O2S/c1-2-11-12(17-7-16-11)3-8(1)10-5-18-13-9(10)4-14-6-15-13/h1-6H,7H2. The van der Waals surface area contributed by atoms with Gasteiger partial charge in [-0.15, -0.1) is 11.3 Å². The highest BCUT2D eigenvalue weighted by Crippen LogP contribution is 2.39. The van der Waals surface area contributed by atoms with Crippen LogP contribution in [0, 0.1) is 0 Å². The highest BCUT2D eigenvalue weighted by Gasteiger charge is 2.15. The smallest absolute Gasteiger partial charge is 0.231 e. The fraction of sp³-hybridized carbons (Fsp3) is 0.0769. The van der Waals surface area contributed by atoms with Gasteiger partial charge in [-0.05, 0) is 17.7 Å². The van der Waals surface area contributed by atoms with E-state index in [1.165, 1.54) is 0 Å². The van der Waals surface area contributed by atoms with Crippen molar-refractivity contribution >= 4 is 21.6 Å². The number of benzene rings is 1. The zero-order valence-corrected chi connectivity index (χ0v) is 10.1.